The van der Waals surface area contributed by atoms with E-state index in [-0.39, 0.29) is 16.2 Å². The van der Waals surface area contributed by atoms with E-state index in [1.165, 1.54) is 13.2 Å². The highest BCUT2D eigenvalue weighted by Crippen LogP contribution is 2.20. The first-order chi connectivity index (χ1) is 8.13. The van der Waals surface area contributed by atoms with E-state index in [1.54, 1.807) is 0 Å². The van der Waals surface area contributed by atoms with Gasteiger partial charge in [-0.15, -0.1) is 0 Å². The molecule has 18 heavy (non-hydrogen) atoms. The Morgan fingerprint density at radius 2 is 1.89 bits per heavy atom. The Bertz CT molecular complexity index is 675. The Kier molecular flexibility index (Phi) is 4.09. The minimum Gasteiger partial charge on any atom is -0.496 e. The van der Waals surface area contributed by atoms with Crippen LogP contribution in [0.5, 0.6) is 5.75 Å². The third kappa shape index (κ3) is 4.09. The van der Waals surface area contributed by atoms with E-state index >= 15 is 0 Å². The monoisotopic (exact) mass is 293 g/mol. The third-order valence-corrected chi connectivity index (χ3v) is 3.22. The molecule has 0 atom stereocenters. The van der Waals surface area contributed by atoms with Crippen LogP contribution >= 0.6 is 0 Å². The van der Waals surface area contributed by atoms with E-state index in [4.69, 9.17) is 9.29 Å². The molecule has 0 bridgehead atoms. The van der Waals surface area contributed by atoms with Crippen LogP contribution < -0.4 is 4.74 Å². The van der Waals surface area contributed by atoms with Crippen LogP contribution in [0.15, 0.2) is 27.5 Å². The van der Waals surface area contributed by atoms with E-state index in [9.17, 15) is 16.8 Å². The fourth-order valence-electron chi connectivity index (χ4n) is 1.13. The summed E-state index contributed by atoms with van der Waals surface area (Å²) in [5.41, 5.74) is 0.123. The molecule has 0 spiro atoms. The predicted molar refractivity (Wildman–Crippen MR) is 65.2 cm³/mol. The van der Waals surface area contributed by atoms with E-state index in [0.29, 0.717) is 0 Å². The lowest BCUT2D eigenvalue weighted by molar-refractivity contribution is 0.413. The molecule has 0 saturated carbocycles. The average molecular weight is 293 g/mol. The van der Waals surface area contributed by atoms with Crippen molar-refractivity contribution in [2.45, 2.75) is 4.90 Å². The van der Waals surface area contributed by atoms with Crippen molar-refractivity contribution in [2.75, 3.05) is 13.4 Å². The Balaban J connectivity index is 3.36. The summed E-state index contributed by atoms with van der Waals surface area (Å²) in [5, 5.41) is 0. The number of methoxy groups -OCH3 is 1. The molecule has 0 radical (unpaired) electrons. The summed E-state index contributed by atoms with van der Waals surface area (Å²) < 4.78 is 60.7. The van der Waals surface area contributed by atoms with Crippen LogP contribution in [-0.4, -0.2) is 41.0 Å². The van der Waals surface area contributed by atoms with Gasteiger partial charge in [0, 0.05) is 5.56 Å². The standard InChI is InChI=1S/C9H11NO6S2/c1-16-9-4-3-8(18(13,14)15)5-7(9)6-10-17(2,11)12/h3-6H,1-2H3,(H,13,14,15)/b10-6+. The minimum atomic E-state index is -4.37. The van der Waals surface area contributed by atoms with Crippen molar-refractivity contribution in [1.29, 1.82) is 0 Å². The molecule has 0 aliphatic rings. The first kappa shape index (κ1) is 14.6. The van der Waals surface area contributed by atoms with Gasteiger partial charge in [-0.3, -0.25) is 4.55 Å². The van der Waals surface area contributed by atoms with Gasteiger partial charge in [0.15, 0.2) is 0 Å². The highest BCUT2D eigenvalue weighted by molar-refractivity contribution is 7.89. The van der Waals surface area contributed by atoms with Crippen LogP contribution in [-0.2, 0) is 20.1 Å². The summed E-state index contributed by atoms with van der Waals surface area (Å²) in [7, 11) is -6.63. The number of nitrogens with zero attached hydrogens (tertiary/aromatic N) is 1. The van der Waals surface area contributed by atoms with Crippen molar-refractivity contribution < 1.29 is 26.1 Å². The van der Waals surface area contributed by atoms with Gasteiger partial charge < -0.3 is 4.74 Å². The molecular weight excluding hydrogens is 282 g/mol. The molecule has 0 amide bonds. The first-order valence-electron chi connectivity index (χ1n) is 4.54. The summed E-state index contributed by atoms with van der Waals surface area (Å²) >= 11 is 0. The molecule has 0 aliphatic heterocycles. The van der Waals surface area contributed by atoms with Crippen LogP contribution in [0.4, 0.5) is 0 Å². The number of sulfonamides is 1. The zero-order valence-corrected chi connectivity index (χ0v) is 11.2. The maximum absolute atomic E-state index is 10.9. The average Bonchev–Trinajstić information content (AvgIpc) is 2.23. The fourth-order valence-corrected chi connectivity index (χ4v) is 1.95. The van der Waals surface area contributed by atoms with Crippen molar-refractivity contribution in [3.05, 3.63) is 23.8 Å². The van der Waals surface area contributed by atoms with Crippen LogP contribution in [0.25, 0.3) is 0 Å². The van der Waals surface area contributed by atoms with E-state index in [2.05, 4.69) is 4.40 Å². The lowest BCUT2D eigenvalue weighted by atomic mass is 10.2. The lowest BCUT2D eigenvalue weighted by Gasteiger charge is -2.05. The van der Waals surface area contributed by atoms with Gasteiger partial charge in [0.2, 0.25) is 10.0 Å². The Hall–Kier alpha value is -1.45. The highest BCUT2D eigenvalue weighted by Gasteiger charge is 2.12. The smallest absolute Gasteiger partial charge is 0.294 e. The summed E-state index contributed by atoms with van der Waals surface area (Å²) in [6.07, 6.45) is 1.84. The van der Waals surface area contributed by atoms with Crippen molar-refractivity contribution in [2.24, 2.45) is 4.40 Å². The fraction of sp³-hybridized carbons (Fsp3) is 0.222. The number of benzene rings is 1. The maximum atomic E-state index is 10.9. The van der Waals surface area contributed by atoms with Crippen molar-refractivity contribution in [3.8, 4) is 5.75 Å². The van der Waals surface area contributed by atoms with Crippen molar-refractivity contribution in [3.63, 3.8) is 0 Å². The van der Waals surface area contributed by atoms with Gasteiger partial charge in [-0.05, 0) is 18.2 Å². The molecule has 1 N–H and O–H groups in total. The number of hydrogen-bond acceptors (Lipinski definition) is 5. The molecular formula is C9H11NO6S2. The van der Waals surface area contributed by atoms with Crippen LogP contribution in [0.3, 0.4) is 0 Å². The Labute approximate surface area is 105 Å². The Morgan fingerprint density at radius 1 is 1.28 bits per heavy atom. The molecule has 0 saturated heterocycles. The summed E-state index contributed by atoms with van der Waals surface area (Å²) in [4.78, 5) is -0.377. The van der Waals surface area contributed by atoms with Crippen LogP contribution in [0.1, 0.15) is 5.56 Å². The molecule has 0 fully saturated rings. The van der Waals surface area contributed by atoms with E-state index in [0.717, 1.165) is 24.6 Å². The summed E-state index contributed by atoms with van der Waals surface area (Å²) in [6, 6.07) is 3.47. The van der Waals surface area contributed by atoms with Crippen molar-refractivity contribution in [1.82, 2.24) is 0 Å². The largest absolute Gasteiger partial charge is 0.496 e. The minimum absolute atomic E-state index is 0.123. The number of ether oxygens (including phenoxy) is 1. The van der Waals surface area contributed by atoms with Gasteiger partial charge in [0.25, 0.3) is 10.1 Å². The topological polar surface area (TPSA) is 110 Å². The van der Waals surface area contributed by atoms with Gasteiger partial charge in [-0.25, -0.2) is 8.42 Å². The molecule has 1 aromatic carbocycles. The second-order valence-corrected chi connectivity index (χ2v) is 6.44. The van der Waals surface area contributed by atoms with Crippen molar-refractivity contribution >= 4 is 26.4 Å². The molecule has 1 rings (SSSR count). The van der Waals surface area contributed by atoms with Crippen LogP contribution in [0.2, 0.25) is 0 Å². The Morgan fingerprint density at radius 3 is 2.33 bits per heavy atom. The summed E-state index contributed by atoms with van der Waals surface area (Å²) in [6.45, 7) is 0. The van der Waals surface area contributed by atoms with E-state index in [1.807, 2.05) is 0 Å². The molecule has 0 aliphatic carbocycles. The molecule has 100 valence electrons. The molecule has 9 heteroatoms. The van der Waals surface area contributed by atoms with Crippen LogP contribution in [0, 0.1) is 0 Å². The predicted octanol–water partition coefficient (Wildman–Crippen LogP) is 0.320. The second kappa shape index (κ2) is 5.04. The SMILES string of the molecule is COc1ccc(S(=O)(=O)O)cc1/C=N/S(C)(=O)=O. The molecule has 0 heterocycles. The molecule has 1 aromatic rings. The summed E-state index contributed by atoms with van der Waals surface area (Å²) in [5.74, 6) is 0.231. The highest BCUT2D eigenvalue weighted by atomic mass is 32.2. The van der Waals surface area contributed by atoms with E-state index < -0.39 is 20.1 Å². The van der Waals surface area contributed by atoms with Gasteiger partial charge in [0.1, 0.15) is 5.75 Å². The normalized spacial score (nSPS) is 12.8. The first-order valence-corrected chi connectivity index (χ1v) is 7.83. The number of rotatable bonds is 4. The third-order valence-electron chi connectivity index (χ3n) is 1.88. The van der Waals surface area contributed by atoms with Gasteiger partial charge in [-0.1, -0.05) is 0 Å². The maximum Gasteiger partial charge on any atom is 0.294 e. The van der Waals surface area contributed by atoms with Gasteiger partial charge >= 0.3 is 0 Å². The molecule has 0 unspecified atom stereocenters. The molecule has 0 aromatic heterocycles. The van der Waals surface area contributed by atoms with Gasteiger partial charge in [-0.2, -0.15) is 12.8 Å². The molecule has 7 nitrogen and oxygen atoms in total. The lowest BCUT2D eigenvalue weighted by Crippen LogP contribution is -2.01. The quantitative estimate of drug-likeness (QED) is 0.632. The number of hydrogen-bond donors (Lipinski definition) is 1. The van der Waals surface area contributed by atoms with Gasteiger partial charge in [0.05, 0.1) is 24.5 Å². The zero-order chi connectivity index (χ0) is 14.0. The second-order valence-electron chi connectivity index (χ2n) is 3.35. The zero-order valence-electron chi connectivity index (χ0n) is 9.56.